The minimum atomic E-state index is -0.225. The van der Waals surface area contributed by atoms with Crippen molar-refractivity contribution in [3.05, 3.63) is 23.8 Å². The summed E-state index contributed by atoms with van der Waals surface area (Å²) in [7, 11) is 0. The van der Waals surface area contributed by atoms with Crippen molar-refractivity contribution in [2.45, 2.75) is 26.7 Å². The van der Waals surface area contributed by atoms with E-state index in [9.17, 15) is 9.59 Å². The highest BCUT2D eigenvalue weighted by Crippen LogP contribution is 2.33. The maximum absolute atomic E-state index is 12.2. The van der Waals surface area contributed by atoms with Gasteiger partial charge in [-0.2, -0.15) is 0 Å². The average molecular weight is 258 g/mol. The largest absolute Gasteiger partial charge is 0.385 e. The first-order valence-corrected chi connectivity index (χ1v) is 6.84. The molecule has 0 saturated carbocycles. The Labute approximate surface area is 112 Å². The average Bonchev–Trinajstić information content (AvgIpc) is 2.63. The summed E-state index contributed by atoms with van der Waals surface area (Å²) in [5, 5.41) is 3.33. The van der Waals surface area contributed by atoms with Crippen molar-refractivity contribution in [2.24, 2.45) is 11.8 Å². The van der Waals surface area contributed by atoms with Gasteiger partial charge in [0.15, 0.2) is 0 Å². The lowest BCUT2D eigenvalue weighted by molar-refractivity contribution is -0.122. The van der Waals surface area contributed by atoms with Crippen molar-refractivity contribution in [3.8, 4) is 0 Å². The van der Waals surface area contributed by atoms with Gasteiger partial charge in [0.2, 0.25) is 11.8 Å². The Kier molecular flexibility index (Phi) is 2.81. The summed E-state index contributed by atoms with van der Waals surface area (Å²) in [6, 6.07) is 5.83. The molecular weight excluding hydrogens is 240 g/mol. The molecule has 1 N–H and O–H groups in total. The van der Waals surface area contributed by atoms with Crippen molar-refractivity contribution < 1.29 is 9.59 Å². The van der Waals surface area contributed by atoms with Gasteiger partial charge in [0.25, 0.3) is 0 Å². The van der Waals surface area contributed by atoms with Crippen molar-refractivity contribution in [1.82, 2.24) is 0 Å². The van der Waals surface area contributed by atoms with E-state index >= 15 is 0 Å². The van der Waals surface area contributed by atoms with Crippen LogP contribution < -0.4 is 10.2 Å². The molecule has 0 aliphatic carbocycles. The second kappa shape index (κ2) is 4.37. The van der Waals surface area contributed by atoms with Crippen LogP contribution in [0.2, 0.25) is 0 Å². The number of hydrogen-bond acceptors (Lipinski definition) is 3. The molecule has 2 aliphatic rings. The van der Waals surface area contributed by atoms with Crippen LogP contribution in [-0.2, 0) is 16.0 Å². The predicted octanol–water partition coefficient (Wildman–Crippen LogP) is 2.19. The number of amides is 2. The number of fused-ring (bicyclic) bond motifs is 1. The third-order valence-corrected chi connectivity index (χ3v) is 4.26. The molecule has 2 aliphatic heterocycles. The molecule has 0 spiro atoms. The van der Waals surface area contributed by atoms with E-state index in [0.717, 1.165) is 25.1 Å². The highest BCUT2D eigenvalue weighted by Gasteiger charge is 2.43. The van der Waals surface area contributed by atoms with E-state index in [1.165, 1.54) is 10.5 Å². The van der Waals surface area contributed by atoms with Crippen LogP contribution >= 0.6 is 0 Å². The molecule has 3 rings (SSSR count). The van der Waals surface area contributed by atoms with Crippen LogP contribution in [0.25, 0.3) is 0 Å². The van der Waals surface area contributed by atoms with E-state index in [1.807, 2.05) is 32.0 Å². The number of nitrogens with one attached hydrogen (secondary N) is 1. The van der Waals surface area contributed by atoms with E-state index in [0.29, 0.717) is 5.69 Å². The van der Waals surface area contributed by atoms with Gasteiger partial charge in [-0.05, 0) is 30.5 Å². The normalized spacial score (nSPS) is 26.3. The fourth-order valence-electron chi connectivity index (χ4n) is 2.79. The molecular formula is C15H18N2O2. The van der Waals surface area contributed by atoms with E-state index in [1.54, 1.807) is 0 Å². The Hall–Kier alpha value is -1.84. The fraction of sp³-hybridized carbons (Fsp3) is 0.467. The monoisotopic (exact) mass is 258 g/mol. The van der Waals surface area contributed by atoms with Gasteiger partial charge >= 0.3 is 0 Å². The zero-order chi connectivity index (χ0) is 13.6. The smallest absolute Gasteiger partial charge is 0.237 e. The lowest BCUT2D eigenvalue weighted by Gasteiger charge is -2.21. The van der Waals surface area contributed by atoms with Crippen LogP contribution in [0.3, 0.4) is 0 Å². The molecule has 0 bridgehead atoms. The molecule has 2 amide bonds. The first-order chi connectivity index (χ1) is 9.09. The minimum absolute atomic E-state index is 0.0896. The molecule has 0 radical (unpaired) electrons. The van der Waals surface area contributed by atoms with Gasteiger partial charge < -0.3 is 5.32 Å². The third kappa shape index (κ3) is 1.82. The van der Waals surface area contributed by atoms with E-state index < -0.39 is 0 Å². The molecule has 1 fully saturated rings. The maximum atomic E-state index is 12.2. The summed E-state index contributed by atoms with van der Waals surface area (Å²) in [6.07, 6.45) is 2.18. The number of hydrogen-bond donors (Lipinski definition) is 1. The molecule has 4 heteroatoms. The first kappa shape index (κ1) is 12.2. The standard InChI is InChI=1S/C15H18N2O2/c1-9-10(2)15(19)17(14(9)18)12-6-5-11-4-3-7-16-13(11)8-12/h5-6,8-10,16H,3-4,7H2,1-2H3. The molecule has 2 unspecified atom stereocenters. The summed E-state index contributed by atoms with van der Waals surface area (Å²) in [4.78, 5) is 25.7. The zero-order valence-corrected chi connectivity index (χ0v) is 11.3. The van der Waals surface area contributed by atoms with Crippen LogP contribution in [0.5, 0.6) is 0 Å². The number of carbonyl (C=O) groups excluding carboxylic acids is 2. The maximum Gasteiger partial charge on any atom is 0.237 e. The SMILES string of the molecule is CC1C(=O)N(c2ccc3c(c2)NCCC3)C(=O)C1C. The zero-order valence-electron chi connectivity index (χ0n) is 11.3. The first-order valence-electron chi connectivity index (χ1n) is 6.84. The number of aryl methyl sites for hydroxylation is 1. The van der Waals surface area contributed by atoms with Crippen LogP contribution in [-0.4, -0.2) is 18.4 Å². The molecule has 1 aromatic rings. The number of benzene rings is 1. The number of imide groups is 1. The topological polar surface area (TPSA) is 49.4 Å². The van der Waals surface area contributed by atoms with Crippen molar-refractivity contribution in [3.63, 3.8) is 0 Å². The number of anilines is 2. The summed E-state index contributed by atoms with van der Waals surface area (Å²) >= 11 is 0. The molecule has 1 saturated heterocycles. The predicted molar refractivity (Wildman–Crippen MR) is 74.1 cm³/mol. The van der Waals surface area contributed by atoms with Gasteiger partial charge in [-0.15, -0.1) is 0 Å². The summed E-state index contributed by atoms with van der Waals surface area (Å²) in [6.45, 7) is 4.59. The number of rotatable bonds is 1. The van der Waals surface area contributed by atoms with Crippen molar-refractivity contribution in [1.29, 1.82) is 0 Å². The fourth-order valence-corrected chi connectivity index (χ4v) is 2.79. The van der Waals surface area contributed by atoms with E-state index in [2.05, 4.69) is 5.32 Å². The lowest BCUT2D eigenvalue weighted by Crippen LogP contribution is -2.30. The summed E-state index contributed by atoms with van der Waals surface area (Å²) in [5.74, 6) is -0.630. The van der Waals surface area contributed by atoms with Gasteiger partial charge in [0, 0.05) is 24.1 Å². The van der Waals surface area contributed by atoms with Crippen LogP contribution in [0, 0.1) is 11.8 Å². The molecule has 2 heterocycles. The van der Waals surface area contributed by atoms with Crippen LogP contribution in [0.4, 0.5) is 11.4 Å². The second-order valence-electron chi connectivity index (χ2n) is 5.46. The molecule has 2 atom stereocenters. The van der Waals surface area contributed by atoms with Gasteiger partial charge in [0.1, 0.15) is 0 Å². The summed E-state index contributed by atoms with van der Waals surface area (Å²) in [5.41, 5.74) is 3.01. The Morgan fingerprint density at radius 2 is 1.84 bits per heavy atom. The van der Waals surface area contributed by atoms with Gasteiger partial charge in [-0.1, -0.05) is 19.9 Å². The van der Waals surface area contributed by atoms with Crippen molar-refractivity contribution >= 4 is 23.2 Å². The van der Waals surface area contributed by atoms with Crippen LogP contribution in [0.15, 0.2) is 18.2 Å². The second-order valence-corrected chi connectivity index (χ2v) is 5.46. The van der Waals surface area contributed by atoms with Crippen LogP contribution in [0.1, 0.15) is 25.8 Å². The summed E-state index contributed by atoms with van der Waals surface area (Å²) < 4.78 is 0. The highest BCUT2D eigenvalue weighted by atomic mass is 16.2. The Morgan fingerprint density at radius 1 is 1.16 bits per heavy atom. The molecule has 100 valence electrons. The molecule has 1 aromatic carbocycles. The van der Waals surface area contributed by atoms with Gasteiger partial charge in [0.05, 0.1) is 5.69 Å². The Bertz CT molecular complexity index is 533. The molecule has 0 aromatic heterocycles. The molecule has 4 nitrogen and oxygen atoms in total. The lowest BCUT2D eigenvalue weighted by atomic mass is 10.00. The number of carbonyl (C=O) groups is 2. The number of nitrogens with zero attached hydrogens (tertiary/aromatic N) is 1. The quantitative estimate of drug-likeness (QED) is 0.786. The Balaban J connectivity index is 1.98. The van der Waals surface area contributed by atoms with Gasteiger partial charge in [-0.25, -0.2) is 4.90 Å². The van der Waals surface area contributed by atoms with Crippen molar-refractivity contribution in [2.75, 3.05) is 16.8 Å². The van der Waals surface area contributed by atoms with E-state index in [4.69, 9.17) is 0 Å². The van der Waals surface area contributed by atoms with Gasteiger partial charge in [-0.3, -0.25) is 9.59 Å². The third-order valence-electron chi connectivity index (χ3n) is 4.26. The van der Waals surface area contributed by atoms with E-state index in [-0.39, 0.29) is 23.7 Å². The minimum Gasteiger partial charge on any atom is -0.385 e. The molecule has 19 heavy (non-hydrogen) atoms. The Morgan fingerprint density at radius 3 is 2.53 bits per heavy atom. The highest BCUT2D eigenvalue weighted by molar-refractivity contribution is 6.21.